The van der Waals surface area contributed by atoms with Crippen LogP contribution < -0.4 is 15.0 Å². The summed E-state index contributed by atoms with van der Waals surface area (Å²) in [6.07, 6.45) is 0.703. The molecule has 1 N–H and O–H groups in total. The number of methoxy groups -OCH3 is 1. The molecule has 1 aromatic heterocycles. The number of nitrogens with zero attached hydrogens (tertiary/aromatic N) is 4. The summed E-state index contributed by atoms with van der Waals surface area (Å²) >= 11 is 1.46. The summed E-state index contributed by atoms with van der Waals surface area (Å²) in [5.41, 5.74) is 1.85. The fourth-order valence-electron chi connectivity index (χ4n) is 3.59. The highest BCUT2D eigenvalue weighted by atomic mass is 32.1. The Kier molecular flexibility index (Phi) is 7.11. The van der Waals surface area contributed by atoms with E-state index in [9.17, 15) is 4.79 Å². The maximum absolute atomic E-state index is 12.1. The van der Waals surface area contributed by atoms with Gasteiger partial charge in [0.15, 0.2) is 0 Å². The fourth-order valence-corrected chi connectivity index (χ4v) is 4.33. The van der Waals surface area contributed by atoms with E-state index in [1.807, 2.05) is 48.5 Å². The highest BCUT2D eigenvalue weighted by Crippen LogP contribution is 2.21. The number of piperazine rings is 1. The molecule has 4 rings (SSSR count). The molecule has 8 heteroatoms. The van der Waals surface area contributed by atoms with Crippen molar-refractivity contribution in [2.45, 2.75) is 6.42 Å². The van der Waals surface area contributed by atoms with E-state index in [4.69, 9.17) is 9.72 Å². The van der Waals surface area contributed by atoms with Crippen LogP contribution in [-0.2, 0) is 6.42 Å². The molecule has 7 nitrogen and oxygen atoms in total. The Hall–Kier alpha value is -2.97. The first-order valence-corrected chi connectivity index (χ1v) is 11.2. The lowest BCUT2D eigenvalue weighted by Crippen LogP contribution is -2.48. The van der Waals surface area contributed by atoms with Crippen molar-refractivity contribution >= 4 is 22.6 Å². The van der Waals surface area contributed by atoms with Gasteiger partial charge in [0.1, 0.15) is 11.6 Å². The van der Waals surface area contributed by atoms with Crippen molar-refractivity contribution < 1.29 is 9.53 Å². The second kappa shape index (κ2) is 10.4. The monoisotopic (exact) mass is 437 g/mol. The summed E-state index contributed by atoms with van der Waals surface area (Å²) in [6.45, 7) is 5.24. The van der Waals surface area contributed by atoms with Gasteiger partial charge in [0.2, 0.25) is 5.13 Å². The van der Waals surface area contributed by atoms with Gasteiger partial charge in [0.05, 0.1) is 7.11 Å². The summed E-state index contributed by atoms with van der Waals surface area (Å²) in [6, 6.07) is 17.4. The minimum Gasteiger partial charge on any atom is -0.497 e. The lowest BCUT2D eigenvalue weighted by Gasteiger charge is -2.34. The summed E-state index contributed by atoms with van der Waals surface area (Å²) in [5, 5.41) is 3.98. The molecule has 1 amide bonds. The normalized spacial score (nSPS) is 14.4. The van der Waals surface area contributed by atoms with Crippen molar-refractivity contribution in [1.29, 1.82) is 0 Å². The number of anilines is 1. The smallest absolute Gasteiger partial charge is 0.251 e. The second-order valence-corrected chi connectivity index (χ2v) is 8.20. The molecule has 1 aliphatic rings. The van der Waals surface area contributed by atoms with Crippen LogP contribution in [0.3, 0.4) is 0 Å². The molecule has 1 aliphatic heterocycles. The lowest BCUT2D eigenvalue weighted by molar-refractivity contribution is 0.0948. The molecule has 0 radical (unpaired) electrons. The minimum atomic E-state index is -0.0170. The molecule has 3 aromatic rings. The first-order valence-electron chi connectivity index (χ1n) is 10.5. The van der Waals surface area contributed by atoms with Gasteiger partial charge in [-0.25, -0.2) is 4.98 Å². The number of hydrogen-bond acceptors (Lipinski definition) is 7. The SMILES string of the molecule is COc1cccc(Cc2nsc(N3CCN(CCNC(=O)c4ccccc4)CC3)n2)c1. The Morgan fingerprint density at radius 1 is 1.10 bits per heavy atom. The van der Waals surface area contributed by atoms with Gasteiger partial charge in [-0.15, -0.1) is 0 Å². The second-order valence-electron chi connectivity index (χ2n) is 7.47. The van der Waals surface area contributed by atoms with Crippen LogP contribution in [0.5, 0.6) is 5.75 Å². The Morgan fingerprint density at radius 3 is 2.68 bits per heavy atom. The summed E-state index contributed by atoms with van der Waals surface area (Å²) < 4.78 is 9.84. The molecule has 0 atom stereocenters. The zero-order valence-corrected chi connectivity index (χ0v) is 18.5. The zero-order valence-electron chi connectivity index (χ0n) is 17.7. The van der Waals surface area contributed by atoms with Crippen molar-refractivity contribution in [3.05, 3.63) is 71.5 Å². The number of ether oxygens (including phenoxy) is 1. The van der Waals surface area contributed by atoms with Gasteiger partial charge >= 0.3 is 0 Å². The third kappa shape index (κ3) is 5.80. The van der Waals surface area contributed by atoms with Gasteiger partial charge in [0, 0.05) is 62.8 Å². The van der Waals surface area contributed by atoms with Crippen molar-refractivity contribution in [3.8, 4) is 5.75 Å². The van der Waals surface area contributed by atoms with Gasteiger partial charge < -0.3 is 15.0 Å². The van der Waals surface area contributed by atoms with E-state index >= 15 is 0 Å². The topological polar surface area (TPSA) is 70.6 Å². The van der Waals surface area contributed by atoms with Crippen LogP contribution in [-0.4, -0.2) is 66.5 Å². The summed E-state index contributed by atoms with van der Waals surface area (Å²) in [5.74, 6) is 1.68. The average Bonchev–Trinajstić information content (AvgIpc) is 3.28. The lowest BCUT2D eigenvalue weighted by atomic mass is 10.1. The first kappa shape index (κ1) is 21.3. The number of carbonyl (C=O) groups excluding carboxylic acids is 1. The van der Waals surface area contributed by atoms with Crippen LogP contribution >= 0.6 is 11.5 Å². The van der Waals surface area contributed by atoms with Gasteiger partial charge in [-0.3, -0.25) is 9.69 Å². The minimum absolute atomic E-state index is 0.0170. The van der Waals surface area contributed by atoms with E-state index in [2.05, 4.69) is 25.6 Å². The molecule has 2 heterocycles. The van der Waals surface area contributed by atoms with Gasteiger partial charge in [-0.2, -0.15) is 4.37 Å². The van der Waals surface area contributed by atoms with Gasteiger partial charge in [-0.05, 0) is 29.8 Å². The molecule has 162 valence electrons. The quantitative estimate of drug-likeness (QED) is 0.584. The van der Waals surface area contributed by atoms with Crippen LogP contribution in [0, 0.1) is 0 Å². The molecule has 0 spiro atoms. The summed E-state index contributed by atoms with van der Waals surface area (Å²) in [4.78, 5) is 21.6. The maximum atomic E-state index is 12.1. The Morgan fingerprint density at radius 2 is 1.90 bits per heavy atom. The van der Waals surface area contributed by atoms with Crippen molar-refractivity contribution in [1.82, 2.24) is 19.6 Å². The average molecular weight is 438 g/mol. The van der Waals surface area contributed by atoms with E-state index in [1.165, 1.54) is 11.5 Å². The van der Waals surface area contributed by atoms with Crippen molar-refractivity contribution in [2.75, 3.05) is 51.3 Å². The van der Waals surface area contributed by atoms with Crippen molar-refractivity contribution in [3.63, 3.8) is 0 Å². The predicted octanol–water partition coefficient (Wildman–Crippen LogP) is 2.69. The van der Waals surface area contributed by atoms with E-state index in [1.54, 1.807) is 7.11 Å². The Balaban J connectivity index is 1.21. The number of rotatable bonds is 8. The molecule has 31 heavy (non-hydrogen) atoms. The molecule has 0 saturated carbocycles. The highest BCUT2D eigenvalue weighted by molar-refractivity contribution is 7.09. The summed E-state index contributed by atoms with van der Waals surface area (Å²) in [7, 11) is 1.68. The van der Waals surface area contributed by atoms with Crippen LogP contribution in [0.25, 0.3) is 0 Å². The number of aromatic nitrogens is 2. The molecular weight excluding hydrogens is 410 g/mol. The maximum Gasteiger partial charge on any atom is 0.251 e. The first-order chi connectivity index (χ1) is 15.2. The van der Waals surface area contributed by atoms with Crippen molar-refractivity contribution in [2.24, 2.45) is 0 Å². The molecule has 1 saturated heterocycles. The van der Waals surface area contributed by atoms with E-state index in [0.29, 0.717) is 18.5 Å². The third-order valence-corrected chi connectivity index (χ3v) is 6.16. The molecule has 0 bridgehead atoms. The zero-order chi connectivity index (χ0) is 21.5. The third-order valence-electron chi connectivity index (χ3n) is 5.35. The van der Waals surface area contributed by atoms with E-state index in [-0.39, 0.29) is 5.91 Å². The molecule has 1 fully saturated rings. The van der Waals surface area contributed by atoms with Gasteiger partial charge in [-0.1, -0.05) is 30.3 Å². The number of benzene rings is 2. The van der Waals surface area contributed by atoms with Crippen LogP contribution in [0.1, 0.15) is 21.7 Å². The van der Waals surface area contributed by atoms with Gasteiger partial charge in [0.25, 0.3) is 5.91 Å². The van der Waals surface area contributed by atoms with Crippen LogP contribution in [0.4, 0.5) is 5.13 Å². The molecule has 2 aromatic carbocycles. The Labute approximate surface area is 186 Å². The van der Waals surface area contributed by atoms with E-state index < -0.39 is 0 Å². The largest absolute Gasteiger partial charge is 0.497 e. The Bertz CT molecular complexity index is 986. The standard InChI is InChI=1S/C23H27N5O2S/c1-30-20-9-5-6-18(16-20)17-21-25-23(31-26-21)28-14-12-27(13-15-28)11-10-24-22(29)19-7-3-2-4-8-19/h2-9,16H,10-15,17H2,1H3,(H,24,29). The number of amides is 1. The molecular formula is C23H27N5O2S. The van der Waals surface area contributed by atoms with Crippen LogP contribution in [0.2, 0.25) is 0 Å². The highest BCUT2D eigenvalue weighted by Gasteiger charge is 2.20. The number of hydrogen-bond donors (Lipinski definition) is 1. The van der Waals surface area contributed by atoms with E-state index in [0.717, 1.165) is 55.0 Å². The predicted molar refractivity (Wildman–Crippen MR) is 123 cm³/mol. The molecule has 0 unspecified atom stereocenters. The number of carbonyl (C=O) groups is 1. The van der Waals surface area contributed by atoms with Crippen LogP contribution in [0.15, 0.2) is 54.6 Å². The molecule has 0 aliphatic carbocycles. The number of nitrogens with one attached hydrogen (secondary N) is 1. The fraction of sp³-hybridized carbons (Fsp3) is 0.348.